The average Bonchev–Trinajstić information content (AvgIpc) is 3.08. The van der Waals surface area contributed by atoms with E-state index in [0.29, 0.717) is 5.69 Å². The van der Waals surface area contributed by atoms with Gasteiger partial charge in [0, 0.05) is 12.7 Å². The van der Waals surface area contributed by atoms with Crippen molar-refractivity contribution in [3.05, 3.63) is 54.2 Å². The summed E-state index contributed by atoms with van der Waals surface area (Å²) in [6, 6.07) is 8.29. The second kappa shape index (κ2) is 7.91. The smallest absolute Gasteiger partial charge is 0.287 e. The van der Waals surface area contributed by atoms with Gasteiger partial charge in [0.15, 0.2) is 5.76 Å². The molecular formula is C16H16FN3O4. The minimum atomic E-state index is -0.516. The molecule has 2 rings (SSSR count). The van der Waals surface area contributed by atoms with Crippen molar-refractivity contribution in [2.75, 3.05) is 25.5 Å². The number of amides is 3. The van der Waals surface area contributed by atoms with E-state index in [-0.39, 0.29) is 18.8 Å². The Morgan fingerprint density at radius 3 is 2.50 bits per heavy atom. The highest BCUT2D eigenvalue weighted by Crippen LogP contribution is 2.08. The molecule has 1 aromatic heterocycles. The Morgan fingerprint density at radius 1 is 1.17 bits per heavy atom. The maximum atomic E-state index is 12.8. The highest BCUT2D eigenvalue weighted by atomic mass is 19.1. The van der Waals surface area contributed by atoms with Crippen molar-refractivity contribution >= 4 is 23.4 Å². The van der Waals surface area contributed by atoms with Gasteiger partial charge in [-0.1, -0.05) is 0 Å². The van der Waals surface area contributed by atoms with Crippen LogP contribution in [-0.2, 0) is 9.59 Å². The molecule has 1 heterocycles. The first-order valence-corrected chi connectivity index (χ1v) is 7.07. The van der Waals surface area contributed by atoms with E-state index in [1.165, 1.54) is 48.5 Å². The van der Waals surface area contributed by atoms with Gasteiger partial charge in [-0.2, -0.15) is 0 Å². The zero-order chi connectivity index (χ0) is 17.5. The molecule has 0 atom stereocenters. The minimum absolute atomic E-state index is 0.0968. The number of halogens is 1. The summed E-state index contributed by atoms with van der Waals surface area (Å²) in [5, 5.41) is 4.94. The van der Waals surface area contributed by atoms with Crippen LogP contribution in [-0.4, -0.2) is 42.8 Å². The third-order valence-corrected chi connectivity index (χ3v) is 3.08. The molecule has 2 N–H and O–H groups in total. The van der Waals surface area contributed by atoms with Crippen LogP contribution in [0.3, 0.4) is 0 Å². The van der Waals surface area contributed by atoms with Gasteiger partial charge in [-0.15, -0.1) is 0 Å². The van der Waals surface area contributed by atoms with Crippen LogP contribution in [0, 0.1) is 5.82 Å². The molecule has 3 amide bonds. The Balaban J connectivity index is 1.77. The van der Waals surface area contributed by atoms with Crippen LogP contribution in [0.2, 0.25) is 0 Å². The lowest BCUT2D eigenvalue weighted by Gasteiger charge is -2.17. The molecule has 0 aliphatic heterocycles. The first-order valence-electron chi connectivity index (χ1n) is 7.07. The molecule has 0 bridgehead atoms. The van der Waals surface area contributed by atoms with Crippen LogP contribution in [0.15, 0.2) is 47.1 Å². The third-order valence-electron chi connectivity index (χ3n) is 3.08. The van der Waals surface area contributed by atoms with Gasteiger partial charge in [-0.3, -0.25) is 14.4 Å². The van der Waals surface area contributed by atoms with Gasteiger partial charge in [0.1, 0.15) is 5.82 Å². The normalized spacial score (nSPS) is 10.1. The molecular weight excluding hydrogens is 317 g/mol. The van der Waals surface area contributed by atoms with E-state index in [0.717, 1.165) is 0 Å². The molecule has 0 saturated carbocycles. The van der Waals surface area contributed by atoms with Gasteiger partial charge in [0.25, 0.3) is 5.91 Å². The van der Waals surface area contributed by atoms with Crippen molar-refractivity contribution in [2.24, 2.45) is 0 Å². The van der Waals surface area contributed by atoms with Gasteiger partial charge in [-0.25, -0.2) is 4.39 Å². The molecule has 24 heavy (non-hydrogen) atoms. The van der Waals surface area contributed by atoms with Crippen molar-refractivity contribution in [1.82, 2.24) is 10.2 Å². The second-order valence-corrected chi connectivity index (χ2v) is 4.96. The van der Waals surface area contributed by atoms with Gasteiger partial charge >= 0.3 is 0 Å². The fourth-order valence-corrected chi connectivity index (χ4v) is 1.82. The van der Waals surface area contributed by atoms with Crippen LogP contribution in [0.25, 0.3) is 0 Å². The molecule has 0 unspecified atom stereocenters. The number of nitrogens with zero attached hydrogens (tertiary/aromatic N) is 1. The molecule has 1 aromatic carbocycles. The van der Waals surface area contributed by atoms with E-state index in [2.05, 4.69) is 10.6 Å². The summed E-state index contributed by atoms with van der Waals surface area (Å²) >= 11 is 0. The van der Waals surface area contributed by atoms with Gasteiger partial charge in [0.05, 0.1) is 19.4 Å². The maximum Gasteiger partial charge on any atom is 0.287 e. The van der Waals surface area contributed by atoms with Crippen LogP contribution in [0.5, 0.6) is 0 Å². The van der Waals surface area contributed by atoms with E-state index in [9.17, 15) is 18.8 Å². The molecule has 0 aliphatic carbocycles. The fraction of sp³-hybridized carbons (Fsp3) is 0.188. The number of carbonyl (C=O) groups excluding carboxylic acids is 3. The lowest BCUT2D eigenvalue weighted by atomic mass is 10.3. The zero-order valence-electron chi connectivity index (χ0n) is 12.9. The summed E-state index contributed by atoms with van der Waals surface area (Å²) in [6.45, 7) is -0.466. The Bertz CT molecular complexity index is 713. The van der Waals surface area contributed by atoms with Crippen LogP contribution in [0.4, 0.5) is 10.1 Å². The van der Waals surface area contributed by atoms with E-state index in [1.54, 1.807) is 6.07 Å². The van der Waals surface area contributed by atoms with Crippen molar-refractivity contribution in [1.29, 1.82) is 0 Å². The number of hydrogen-bond acceptors (Lipinski definition) is 4. The monoisotopic (exact) mass is 333 g/mol. The van der Waals surface area contributed by atoms with E-state index in [1.807, 2.05) is 0 Å². The molecule has 8 heteroatoms. The highest BCUT2D eigenvalue weighted by molar-refractivity contribution is 5.96. The number of benzene rings is 1. The summed E-state index contributed by atoms with van der Waals surface area (Å²) in [4.78, 5) is 36.5. The number of rotatable bonds is 6. The van der Waals surface area contributed by atoms with E-state index in [4.69, 9.17) is 4.42 Å². The van der Waals surface area contributed by atoms with E-state index >= 15 is 0 Å². The number of anilines is 1. The van der Waals surface area contributed by atoms with E-state index < -0.39 is 23.5 Å². The SMILES string of the molecule is CN(CC(=O)Nc1ccc(F)cc1)C(=O)CNC(=O)c1ccco1. The quantitative estimate of drug-likeness (QED) is 0.832. The Labute approximate surface area is 137 Å². The largest absolute Gasteiger partial charge is 0.459 e. The van der Waals surface area contributed by atoms with Crippen molar-refractivity contribution in [2.45, 2.75) is 0 Å². The predicted octanol–water partition coefficient (Wildman–Crippen LogP) is 1.25. The number of carbonyl (C=O) groups is 3. The predicted molar refractivity (Wildman–Crippen MR) is 83.7 cm³/mol. The molecule has 0 aliphatic rings. The number of likely N-dealkylation sites (N-methyl/N-ethyl adjacent to an activating group) is 1. The molecule has 0 fully saturated rings. The Morgan fingerprint density at radius 2 is 1.88 bits per heavy atom. The van der Waals surface area contributed by atoms with Crippen LogP contribution in [0.1, 0.15) is 10.6 Å². The molecule has 0 spiro atoms. The first kappa shape index (κ1) is 17.2. The maximum absolute atomic E-state index is 12.8. The van der Waals surface area contributed by atoms with Crippen molar-refractivity contribution in [3.8, 4) is 0 Å². The highest BCUT2D eigenvalue weighted by Gasteiger charge is 2.15. The fourth-order valence-electron chi connectivity index (χ4n) is 1.82. The molecule has 7 nitrogen and oxygen atoms in total. The summed E-state index contributed by atoms with van der Waals surface area (Å²) in [6.07, 6.45) is 1.35. The van der Waals surface area contributed by atoms with Crippen LogP contribution < -0.4 is 10.6 Å². The lowest BCUT2D eigenvalue weighted by molar-refractivity contribution is -0.132. The zero-order valence-corrected chi connectivity index (χ0v) is 12.9. The Kier molecular flexibility index (Phi) is 5.67. The molecule has 0 radical (unpaired) electrons. The van der Waals surface area contributed by atoms with Crippen molar-refractivity contribution in [3.63, 3.8) is 0 Å². The topological polar surface area (TPSA) is 91.7 Å². The molecule has 126 valence electrons. The standard InChI is InChI=1S/C16H16FN3O4/c1-20(10-14(21)19-12-6-4-11(17)5-7-12)15(22)9-18-16(23)13-3-2-8-24-13/h2-8H,9-10H2,1H3,(H,18,23)(H,19,21). The number of hydrogen-bond donors (Lipinski definition) is 2. The Hall–Kier alpha value is -3.16. The molecule has 0 saturated heterocycles. The second-order valence-electron chi connectivity index (χ2n) is 4.96. The summed E-state index contributed by atoms with van der Waals surface area (Å²) < 4.78 is 17.7. The lowest BCUT2D eigenvalue weighted by Crippen LogP contribution is -2.41. The van der Waals surface area contributed by atoms with Crippen LogP contribution >= 0.6 is 0 Å². The number of nitrogens with one attached hydrogen (secondary N) is 2. The minimum Gasteiger partial charge on any atom is -0.459 e. The number of furan rings is 1. The first-order chi connectivity index (χ1) is 11.5. The van der Waals surface area contributed by atoms with Crippen molar-refractivity contribution < 1.29 is 23.2 Å². The average molecular weight is 333 g/mol. The van der Waals surface area contributed by atoms with Gasteiger partial charge < -0.3 is 20.0 Å². The summed E-state index contributed by atoms with van der Waals surface area (Å²) in [7, 11) is 1.44. The third kappa shape index (κ3) is 4.94. The van der Waals surface area contributed by atoms with Gasteiger partial charge in [0.2, 0.25) is 11.8 Å². The van der Waals surface area contributed by atoms with Gasteiger partial charge in [-0.05, 0) is 36.4 Å². The summed E-state index contributed by atoms with van der Waals surface area (Å²) in [5.74, 6) is -1.71. The summed E-state index contributed by atoms with van der Waals surface area (Å²) in [5.41, 5.74) is 0.424. The molecule has 2 aromatic rings.